The number of nitrogens with one attached hydrogen (secondary N) is 1. The molecule has 2 heteroatoms. The van der Waals surface area contributed by atoms with Gasteiger partial charge in [-0.05, 0) is 43.9 Å². The standard InChI is InChI=1S/C15H27NS/c1-5-12(4)10-13(16-7-3)11-15-9-8-14(6-2)17-15/h8-9,12-13,16H,5-7,10-11H2,1-4H3. The molecular weight excluding hydrogens is 226 g/mol. The summed E-state index contributed by atoms with van der Waals surface area (Å²) in [5.41, 5.74) is 0. The highest BCUT2D eigenvalue weighted by atomic mass is 32.1. The Morgan fingerprint density at radius 1 is 1.18 bits per heavy atom. The van der Waals surface area contributed by atoms with E-state index in [4.69, 9.17) is 0 Å². The molecule has 0 amide bonds. The number of hydrogen-bond acceptors (Lipinski definition) is 2. The molecule has 0 aliphatic carbocycles. The van der Waals surface area contributed by atoms with Crippen molar-refractivity contribution in [2.75, 3.05) is 6.54 Å². The van der Waals surface area contributed by atoms with Crippen LogP contribution in [0.25, 0.3) is 0 Å². The van der Waals surface area contributed by atoms with E-state index >= 15 is 0 Å². The topological polar surface area (TPSA) is 12.0 Å². The van der Waals surface area contributed by atoms with Crippen LogP contribution in [0.1, 0.15) is 50.3 Å². The van der Waals surface area contributed by atoms with E-state index in [1.165, 1.54) is 35.4 Å². The third-order valence-corrected chi connectivity index (χ3v) is 4.64. The van der Waals surface area contributed by atoms with Gasteiger partial charge in [0.2, 0.25) is 0 Å². The maximum Gasteiger partial charge on any atom is 0.0118 e. The number of aryl methyl sites for hydroxylation is 1. The minimum atomic E-state index is 0.651. The van der Waals surface area contributed by atoms with Crippen molar-refractivity contribution in [1.29, 1.82) is 0 Å². The van der Waals surface area contributed by atoms with Crippen LogP contribution in [-0.4, -0.2) is 12.6 Å². The van der Waals surface area contributed by atoms with E-state index in [-0.39, 0.29) is 0 Å². The third-order valence-electron chi connectivity index (χ3n) is 3.39. The molecule has 0 bridgehead atoms. The van der Waals surface area contributed by atoms with Gasteiger partial charge in [0.05, 0.1) is 0 Å². The van der Waals surface area contributed by atoms with Crippen LogP contribution < -0.4 is 5.32 Å². The molecule has 0 aliphatic heterocycles. The fraction of sp³-hybridized carbons (Fsp3) is 0.733. The van der Waals surface area contributed by atoms with E-state index < -0.39 is 0 Å². The summed E-state index contributed by atoms with van der Waals surface area (Å²) in [5.74, 6) is 0.824. The Morgan fingerprint density at radius 2 is 1.88 bits per heavy atom. The van der Waals surface area contributed by atoms with Crippen LogP contribution in [-0.2, 0) is 12.8 Å². The number of hydrogen-bond donors (Lipinski definition) is 1. The van der Waals surface area contributed by atoms with Crippen molar-refractivity contribution in [3.63, 3.8) is 0 Å². The molecule has 2 unspecified atom stereocenters. The molecule has 0 spiro atoms. The molecule has 0 aliphatic rings. The van der Waals surface area contributed by atoms with Gasteiger partial charge in [-0.25, -0.2) is 0 Å². The van der Waals surface area contributed by atoms with Gasteiger partial charge in [0, 0.05) is 15.8 Å². The lowest BCUT2D eigenvalue weighted by molar-refractivity contribution is 0.398. The molecular formula is C15H27NS. The second-order valence-corrected chi connectivity index (χ2v) is 6.18. The molecule has 1 rings (SSSR count). The summed E-state index contributed by atoms with van der Waals surface area (Å²) in [6, 6.07) is 5.25. The molecule has 0 saturated carbocycles. The van der Waals surface area contributed by atoms with E-state index in [9.17, 15) is 0 Å². The maximum atomic E-state index is 3.63. The van der Waals surface area contributed by atoms with Crippen LogP contribution in [0.5, 0.6) is 0 Å². The summed E-state index contributed by atoms with van der Waals surface area (Å²) in [4.78, 5) is 3.05. The highest BCUT2D eigenvalue weighted by Gasteiger charge is 2.13. The predicted molar refractivity (Wildman–Crippen MR) is 78.9 cm³/mol. The highest BCUT2D eigenvalue weighted by molar-refractivity contribution is 7.11. The van der Waals surface area contributed by atoms with Gasteiger partial charge in [0.25, 0.3) is 0 Å². The van der Waals surface area contributed by atoms with Crippen LogP contribution in [0.2, 0.25) is 0 Å². The van der Waals surface area contributed by atoms with Crippen LogP contribution in [0, 0.1) is 5.92 Å². The largest absolute Gasteiger partial charge is 0.314 e. The normalized spacial score (nSPS) is 14.8. The predicted octanol–water partition coefficient (Wildman–Crippen LogP) is 4.27. The lowest BCUT2D eigenvalue weighted by Gasteiger charge is -2.20. The van der Waals surface area contributed by atoms with Gasteiger partial charge >= 0.3 is 0 Å². The van der Waals surface area contributed by atoms with Crippen LogP contribution >= 0.6 is 11.3 Å². The van der Waals surface area contributed by atoms with E-state index in [1.54, 1.807) is 0 Å². The van der Waals surface area contributed by atoms with Crippen molar-refractivity contribution in [2.45, 2.75) is 59.4 Å². The molecule has 0 saturated heterocycles. The first kappa shape index (κ1) is 14.7. The van der Waals surface area contributed by atoms with E-state index in [1.807, 2.05) is 11.3 Å². The Hall–Kier alpha value is -0.340. The lowest BCUT2D eigenvalue weighted by Crippen LogP contribution is -2.32. The molecule has 0 aromatic carbocycles. The zero-order chi connectivity index (χ0) is 12.7. The molecule has 1 N–H and O–H groups in total. The maximum absolute atomic E-state index is 3.63. The quantitative estimate of drug-likeness (QED) is 0.729. The number of likely N-dealkylation sites (N-methyl/N-ethyl adjacent to an activating group) is 1. The third kappa shape index (κ3) is 5.22. The highest BCUT2D eigenvalue weighted by Crippen LogP contribution is 2.21. The van der Waals surface area contributed by atoms with Crippen molar-refractivity contribution in [3.8, 4) is 0 Å². The number of rotatable bonds is 8. The van der Waals surface area contributed by atoms with Crippen LogP contribution in [0.3, 0.4) is 0 Å². The van der Waals surface area contributed by atoms with Crippen LogP contribution in [0.4, 0.5) is 0 Å². The fourth-order valence-corrected chi connectivity index (χ4v) is 3.18. The summed E-state index contributed by atoms with van der Waals surface area (Å²) < 4.78 is 0. The van der Waals surface area contributed by atoms with Gasteiger partial charge in [-0.3, -0.25) is 0 Å². The van der Waals surface area contributed by atoms with Crippen molar-refractivity contribution in [3.05, 3.63) is 21.9 Å². The lowest BCUT2D eigenvalue weighted by atomic mass is 9.97. The second kappa shape index (κ2) is 7.88. The van der Waals surface area contributed by atoms with E-state index in [0.717, 1.165) is 12.5 Å². The minimum Gasteiger partial charge on any atom is -0.314 e. The van der Waals surface area contributed by atoms with Gasteiger partial charge < -0.3 is 5.32 Å². The van der Waals surface area contributed by atoms with Crippen LogP contribution in [0.15, 0.2) is 12.1 Å². The average molecular weight is 253 g/mol. The van der Waals surface area contributed by atoms with Crippen molar-refractivity contribution >= 4 is 11.3 Å². The molecule has 1 heterocycles. The SMILES string of the molecule is CCNC(Cc1ccc(CC)s1)CC(C)CC. The van der Waals surface area contributed by atoms with Gasteiger partial charge in [0.15, 0.2) is 0 Å². The monoisotopic (exact) mass is 253 g/mol. The smallest absolute Gasteiger partial charge is 0.0118 e. The Labute approximate surface area is 111 Å². The fourth-order valence-electron chi connectivity index (χ4n) is 2.14. The van der Waals surface area contributed by atoms with Gasteiger partial charge in [-0.1, -0.05) is 34.1 Å². The zero-order valence-corrected chi connectivity index (χ0v) is 12.6. The summed E-state index contributed by atoms with van der Waals surface area (Å²) in [5, 5.41) is 3.63. The molecule has 98 valence electrons. The zero-order valence-electron chi connectivity index (χ0n) is 11.8. The molecule has 17 heavy (non-hydrogen) atoms. The number of thiophene rings is 1. The first-order chi connectivity index (χ1) is 8.19. The Balaban J connectivity index is 2.52. The molecule has 2 atom stereocenters. The summed E-state index contributed by atoms with van der Waals surface area (Å²) in [7, 11) is 0. The Kier molecular flexibility index (Phi) is 6.83. The second-order valence-electron chi connectivity index (χ2n) is 4.93. The Morgan fingerprint density at radius 3 is 2.41 bits per heavy atom. The van der Waals surface area contributed by atoms with E-state index in [0.29, 0.717) is 6.04 Å². The van der Waals surface area contributed by atoms with Crippen molar-refractivity contribution in [2.24, 2.45) is 5.92 Å². The van der Waals surface area contributed by atoms with Crippen molar-refractivity contribution < 1.29 is 0 Å². The first-order valence-corrected chi connectivity index (χ1v) is 7.82. The van der Waals surface area contributed by atoms with E-state index in [2.05, 4.69) is 45.1 Å². The molecule has 1 aromatic rings. The summed E-state index contributed by atoms with van der Waals surface area (Å²) in [6.07, 6.45) is 4.95. The average Bonchev–Trinajstić information content (AvgIpc) is 2.77. The molecule has 1 nitrogen and oxygen atoms in total. The minimum absolute atomic E-state index is 0.651. The van der Waals surface area contributed by atoms with Gasteiger partial charge in [0.1, 0.15) is 0 Å². The molecule has 0 fully saturated rings. The molecule has 0 radical (unpaired) electrons. The van der Waals surface area contributed by atoms with Gasteiger partial charge in [-0.15, -0.1) is 11.3 Å². The molecule has 1 aromatic heterocycles. The van der Waals surface area contributed by atoms with Gasteiger partial charge in [-0.2, -0.15) is 0 Å². The first-order valence-electron chi connectivity index (χ1n) is 7.00. The van der Waals surface area contributed by atoms with Crippen molar-refractivity contribution in [1.82, 2.24) is 5.32 Å². The Bertz CT molecular complexity index is 306. The summed E-state index contributed by atoms with van der Waals surface area (Å²) in [6.45, 7) is 10.2. The summed E-state index contributed by atoms with van der Waals surface area (Å²) >= 11 is 1.98.